The first-order valence-corrected chi connectivity index (χ1v) is 22.4. The number of thiocarbonyl (C=S) groups is 1. The van der Waals surface area contributed by atoms with E-state index in [0.717, 1.165) is 57.6 Å². The predicted octanol–water partition coefficient (Wildman–Crippen LogP) is 4.12. The van der Waals surface area contributed by atoms with Gasteiger partial charge in [-0.2, -0.15) is 0 Å². The number of carboxylic acid groups (broad SMARTS) is 3. The fourth-order valence-electron chi connectivity index (χ4n) is 9.06. The maximum atomic E-state index is 12.1. The molecule has 336 valence electrons. The topological polar surface area (TPSA) is 196 Å². The second-order valence-corrected chi connectivity index (χ2v) is 17.7. The van der Waals surface area contributed by atoms with Gasteiger partial charge < -0.3 is 45.5 Å². The monoisotopic (exact) mass is 947 g/mol. The summed E-state index contributed by atoms with van der Waals surface area (Å²) in [6, 6.07) is 18.1. The first-order chi connectivity index (χ1) is 30.4. The summed E-state index contributed by atoms with van der Waals surface area (Å²) in [6.45, 7) is 2.44. The number of aliphatic carboxylic acids is 3. The normalized spacial score (nSPS) is 21.9. The van der Waals surface area contributed by atoms with Gasteiger partial charge in [0.05, 0.1) is 32.2 Å². The molecule has 0 spiro atoms. The van der Waals surface area contributed by atoms with E-state index in [1.165, 1.54) is 11.1 Å². The first-order valence-electron chi connectivity index (χ1n) is 21.2. The quantitative estimate of drug-likeness (QED) is 0.0723. The standard InChI is InChI=1S/C45H54BrN7O9S/c46-37-23-40-39(61-28-62-40)22-36(37)44-34-3-1-2-33(34)35-21-30(6-9-38(35)49-44)10-11-47-45(63)48-31-7-4-29(5-8-31)20-32-24-52(26-42(57)58)15-14-51(25-41(55)56)13-12-50(18-19-54)16-17-53(32)27-43(59)60/h1-2,4-9,19,21-23,32-34,44,49H,3,10-18,20,24-28H2,(H,55,56)(H,57,58)(H,59,60)(H2,47,48,63). The zero-order valence-corrected chi connectivity index (χ0v) is 37.3. The van der Waals surface area contributed by atoms with Crippen molar-refractivity contribution in [3.05, 3.63) is 93.5 Å². The number of carboxylic acids is 3. The van der Waals surface area contributed by atoms with Crippen molar-refractivity contribution in [2.75, 3.05) is 96.0 Å². The number of carbonyl (C=O) groups excluding carboxylic acids is 1. The van der Waals surface area contributed by atoms with E-state index in [0.29, 0.717) is 56.7 Å². The number of nitrogens with zero attached hydrogens (tertiary/aromatic N) is 4. The van der Waals surface area contributed by atoms with Crippen molar-refractivity contribution in [3.8, 4) is 11.5 Å². The highest BCUT2D eigenvalue weighted by Crippen LogP contribution is 2.52. The van der Waals surface area contributed by atoms with E-state index in [2.05, 4.69) is 68.3 Å². The molecule has 18 heteroatoms. The van der Waals surface area contributed by atoms with Gasteiger partial charge >= 0.3 is 17.9 Å². The highest BCUT2D eigenvalue weighted by Gasteiger charge is 2.39. The molecule has 4 atom stereocenters. The van der Waals surface area contributed by atoms with E-state index < -0.39 is 23.9 Å². The lowest BCUT2D eigenvalue weighted by atomic mass is 9.76. The maximum Gasteiger partial charge on any atom is 0.317 e. The Balaban J connectivity index is 0.964. The summed E-state index contributed by atoms with van der Waals surface area (Å²) < 4.78 is 12.3. The summed E-state index contributed by atoms with van der Waals surface area (Å²) in [5.74, 6) is -0.877. The highest BCUT2D eigenvalue weighted by molar-refractivity contribution is 9.10. The van der Waals surface area contributed by atoms with E-state index in [1.807, 2.05) is 40.1 Å². The number of hydrogen-bond donors (Lipinski definition) is 6. The summed E-state index contributed by atoms with van der Waals surface area (Å²) in [5, 5.41) is 40.1. The van der Waals surface area contributed by atoms with Gasteiger partial charge in [0, 0.05) is 80.2 Å². The summed E-state index contributed by atoms with van der Waals surface area (Å²) in [4.78, 5) is 54.4. The Kier molecular flexibility index (Phi) is 15.7. The van der Waals surface area contributed by atoms with Crippen LogP contribution in [0.4, 0.5) is 11.4 Å². The molecule has 0 aromatic heterocycles. The smallest absolute Gasteiger partial charge is 0.317 e. The third-order valence-corrected chi connectivity index (χ3v) is 13.1. The minimum absolute atomic E-state index is 0.110. The van der Waals surface area contributed by atoms with Crippen LogP contribution in [0.1, 0.15) is 40.6 Å². The van der Waals surface area contributed by atoms with Crippen LogP contribution in [-0.2, 0) is 32.0 Å². The van der Waals surface area contributed by atoms with Gasteiger partial charge in [0.15, 0.2) is 16.6 Å². The molecule has 6 N–H and O–H groups in total. The number of fused-ring (bicyclic) bond motifs is 4. The second kappa shape index (κ2) is 21.5. The molecule has 3 aromatic carbocycles. The van der Waals surface area contributed by atoms with Crippen LogP contribution in [0.25, 0.3) is 0 Å². The van der Waals surface area contributed by atoms with Crippen LogP contribution in [0.3, 0.4) is 0 Å². The summed E-state index contributed by atoms with van der Waals surface area (Å²) in [5.41, 5.74) is 6.46. The van der Waals surface area contributed by atoms with Gasteiger partial charge in [-0.1, -0.05) is 52.3 Å². The third-order valence-electron chi connectivity index (χ3n) is 12.2. The van der Waals surface area contributed by atoms with Crippen molar-refractivity contribution in [1.82, 2.24) is 24.9 Å². The number of carbonyl (C=O) groups is 4. The van der Waals surface area contributed by atoms with Crippen molar-refractivity contribution >= 4 is 68.8 Å². The Bertz CT molecular complexity index is 2180. The van der Waals surface area contributed by atoms with Gasteiger partial charge in [-0.15, -0.1) is 0 Å². The molecule has 4 unspecified atom stereocenters. The minimum atomic E-state index is -1.03. The number of rotatable bonds is 15. The number of nitrogens with one attached hydrogen (secondary N) is 3. The molecule has 1 fully saturated rings. The lowest BCUT2D eigenvalue weighted by Gasteiger charge is -2.38. The molecule has 1 aliphatic carbocycles. The number of benzene rings is 3. The lowest BCUT2D eigenvalue weighted by Crippen LogP contribution is -2.53. The number of anilines is 2. The van der Waals surface area contributed by atoms with Gasteiger partial charge in [-0.3, -0.25) is 34.0 Å². The van der Waals surface area contributed by atoms with Crippen LogP contribution in [-0.4, -0.2) is 156 Å². The zero-order chi connectivity index (χ0) is 44.5. The van der Waals surface area contributed by atoms with Crippen LogP contribution in [0.5, 0.6) is 11.5 Å². The zero-order valence-electron chi connectivity index (χ0n) is 34.9. The molecule has 1 saturated heterocycles. The molecule has 7 rings (SSSR count). The van der Waals surface area contributed by atoms with E-state index >= 15 is 0 Å². The fraction of sp³-hybridized carbons (Fsp3) is 0.444. The average Bonchev–Trinajstić information content (AvgIpc) is 3.92. The van der Waals surface area contributed by atoms with Crippen molar-refractivity contribution < 1.29 is 44.0 Å². The van der Waals surface area contributed by atoms with Crippen LogP contribution in [0.2, 0.25) is 0 Å². The van der Waals surface area contributed by atoms with E-state index in [4.69, 9.17) is 21.7 Å². The number of ether oxygens (including phenoxy) is 2. The van der Waals surface area contributed by atoms with Crippen LogP contribution in [0, 0.1) is 5.92 Å². The SMILES string of the molecule is O=CCN1CCN(CC(=O)O)CCN(CC(=O)O)CC(Cc2ccc(NC(=S)NCCc3ccc4c(c3)C3C=CCC3C(c3cc5c(cc3Br)OCO5)N4)cc2)N(CC(=O)O)CC1. The van der Waals surface area contributed by atoms with Crippen molar-refractivity contribution in [1.29, 1.82) is 0 Å². The van der Waals surface area contributed by atoms with Gasteiger partial charge in [-0.25, -0.2) is 0 Å². The Hall–Kier alpha value is -5.11. The Labute approximate surface area is 380 Å². The maximum absolute atomic E-state index is 12.1. The van der Waals surface area contributed by atoms with Gasteiger partial charge in [-0.05, 0) is 90.0 Å². The largest absolute Gasteiger partial charge is 0.480 e. The molecule has 16 nitrogen and oxygen atoms in total. The molecule has 3 aromatic rings. The lowest BCUT2D eigenvalue weighted by molar-refractivity contribution is -0.141. The van der Waals surface area contributed by atoms with E-state index in [-0.39, 0.29) is 58.0 Å². The van der Waals surface area contributed by atoms with Gasteiger partial charge in [0.2, 0.25) is 6.79 Å². The summed E-state index contributed by atoms with van der Waals surface area (Å²) in [6.07, 6.45) is 7.56. The fourth-order valence-corrected chi connectivity index (χ4v) is 9.85. The van der Waals surface area contributed by atoms with Gasteiger partial charge in [0.25, 0.3) is 0 Å². The number of hydrogen-bond acceptors (Lipinski definition) is 12. The van der Waals surface area contributed by atoms with Crippen molar-refractivity contribution in [2.24, 2.45) is 5.92 Å². The molecule has 4 aliphatic rings. The first kappa shape index (κ1) is 45.9. The predicted molar refractivity (Wildman–Crippen MR) is 245 cm³/mol. The van der Waals surface area contributed by atoms with Gasteiger partial charge in [0.1, 0.15) is 6.29 Å². The molecular formula is C45H54BrN7O9S. The van der Waals surface area contributed by atoms with Crippen LogP contribution < -0.4 is 25.4 Å². The number of allylic oxidation sites excluding steroid dienone is 2. The molecular weight excluding hydrogens is 895 g/mol. The Morgan fingerprint density at radius 3 is 2.22 bits per heavy atom. The van der Waals surface area contributed by atoms with Crippen molar-refractivity contribution in [2.45, 2.75) is 37.3 Å². The Morgan fingerprint density at radius 2 is 1.49 bits per heavy atom. The summed E-state index contributed by atoms with van der Waals surface area (Å²) >= 11 is 9.45. The van der Waals surface area contributed by atoms with Crippen molar-refractivity contribution in [3.63, 3.8) is 0 Å². The molecule has 63 heavy (non-hydrogen) atoms. The molecule has 0 radical (unpaired) electrons. The summed E-state index contributed by atoms with van der Waals surface area (Å²) in [7, 11) is 0. The molecule has 0 bridgehead atoms. The minimum Gasteiger partial charge on any atom is -0.480 e. The average molecular weight is 949 g/mol. The van der Waals surface area contributed by atoms with Crippen LogP contribution >= 0.6 is 28.1 Å². The van der Waals surface area contributed by atoms with Crippen LogP contribution in [0.15, 0.2) is 71.2 Å². The number of halogens is 1. The number of aldehydes is 1. The molecule has 3 heterocycles. The molecule has 0 saturated carbocycles. The molecule has 0 amide bonds. The third kappa shape index (κ3) is 12.3. The highest BCUT2D eigenvalue weighted by atomic mass is 79.9. The molecule has 3 aliphatic heterocycles. The van der Waals surface area contributed by atoms with E-state index in [9.17, 15) is 34.5 Å². The Morgan fingerprint density at radius 1 is 0.825 bits per heavy atom. The second-order valence-electron chi connectivity index (χ2n) is 16.4. The van der Waals surface area contributed by atoms with E-state index in [1.54, 1.807) is 9.80 Å².